The molecule has 1 amide bonds. The maximum Gasteiger partial charge on any atom is 0.272 e. The molecule has 1 aromatic carbocycles. The number of thioether (sulfide) groups is 1. The van der Waals surface area contributed by atoms with Gasteiger partial charge >= 0.3 is 0 Å². The van der Waals surface area contributed by atoms with E-state index in [1.807, 2.05) is 34.5 Å². The third-order valence-corrected chi connectivity index (χ3v) is 6.52. The Kier molecular flexibility index (Phi) is 7.89. The van der Waals surface area contributed by atoms with Crippen molar-refractivity contribution in [3.05, 3.63) is 57.7 Å². The third-order valence-electron chi connectivity index (χ3n) is 4.66. The summed E-state index contributed by atoms with van der Waals surface area (Å²) in [6.45, 7) is 6.25. The summed E-state index contributed by atoms with van der Waals surface area (Å²) in [5.74, 6) is 0.404. The zero-order valence-corrected chi connectivity index (χ0v) is 18.6. The second kappa shape index (κ2) is 10.6. The SMILES string of the molecule is CCCN(CCC)C(=O)CSc1nc2ccsc2c(=O)n1CCc1ccccc1. The number of fused-ring (bicyclic) bond motifs is 1. The lowest BCUT2D eigenvalue weighted by atomic mass is 10.1. The van der Waals surface area contributed by atoms with Crippen LogP contribution in [0.15, 0.2) is 51.7 Å². The first kappa shape index (κ1) is 21.6. The Morgan fingerprint density at radius 3 is 2.55 bits per heavy atom. The van der Waals surface area contributed by atoms with Crippen molar-refractivity contribution in [2.24, 2.45) is 0 Å². The van der Waals surface area contributed by atoms with Crippen LogP contribution in [0.4, 0.5) is 0 Å². The Morgan fingerprint density at radius 1 is 1.14 bits per heavy atom. The van der Waals surface area contributed by atoms with Crippen LogP contribution in [0.3, 0.4) is 0 Å². The van der Waals surface area contributed by atoms with Gasteiger partial charge in [0.05, 0.1) is 11.3 Å². The Balaban J connectivity index is 1.81. The number of hydrogen-bond acceptors (Lipinski definition) is 5. The van der Waals surface area contributed by atoms with Gasteiger partial charge in [0.2, 0.25) is 5.91 Å². The summed E-state index contributed by atoms with van der Waals surface area (Å²) in [5.41, 5.74) is 1.87. The standard InChI is InChI=1S/C22H27N3O2S2/c1-3-12-24(13-4-2)19(26)16-29-22-23-18-11-15-28-20(18)21(27)25(22)14-10-17-8-6-5-7-9-17/h5-9,11,15H,3-4,10,12-14,16H2,1-2H3. The van der Waals surface area contributed by atoms with Crippen LogP contribution in [0.5, 0.6) is 0 Å². The van der Waals surface area contributed by atoms with Gasteiger partial charge in [-0.25, -0.2) is 4.98 Å². The number of hydrogen-bond donors (Lipinski definition) is 0. The number of carbonyl (C=O) groups is 1. The lowest BCUT2D eigenvalue weighted by Crippen LogP contribution is -2.34. The van der Waals surface area contributed by atoms with Gasteiger partial charge in [-0.2, -0.15) is 0 Å². The fourth-order valence-corrected chi connectivity index (χ4v) is 4.94. The van der Waals surface area contributed by atoms with Gasteiger partial charge in [0, 0.05) is 19.6 Å². The van der Waals surface area contributed by atoms with Crippen LogP contribution < -0.4 is 5.56 Å². The van der Waals surface area contributed by atoms with Crippen molar-refractivity contribution in [3.63, 3.8) is 0 Å². The summed E-state index contributed by atoms with van der Waals surface area (Å²) in [4.78, 5) is 32.3. The molecule has 0 saturated carbocycles. The van der Waals surface area contributed by atoms with E-state index < -0.39 is 0 Å². The Labute approximate surface area is 179 Å². The highest BCUT2D eigenvalue weighted by Gasteiger charge is 2.17. The molecule has 7 heteroatoms. The summed E-state index contributed by atoms with van der Waals surface area (Å²) in [5, 5.41) is 2.52. The number of nitrogens with zero attached hydrogens (tertiary/aromatic N) is 3. The van der Waals surface area contributed by atoms with E-state index in [2.05, 4.69) is 26.0 Å². The number of aromatic nitrogens is 2. The largest absolute Gasteiger partial charge is 0.342 e. The first-order valence-corrected chi connectivity index (χ1v) is 11.9. The van der Waals surface area contributed by atoms with Crippen molar-refractivity contribution in [2.45, 2.75) is 44.8 Å². The molecule has 0 aliphatic carbocycles. The fourth-order valence-electron chi connectivity index (χ4n) is 3.23. The lowest BCUT2D eigenvalue weighted by Gasteiger charge is -2.21. The van der Waals surface area contributed by atoms with E-state index in [-0.39, 0.29) is 11.5 Å². The van der Waals surface area contributed by atoms with Crippen molar-refractivity contribution < 1.29 is 4.79 Å². The summed E-state index contributed by atoms with van der Waals surface area (Å²) >= 11 is 2.79. The molecule has 0 bridgehead atoms. The average Bonchev–Trinajstić information content (AvgIpc) is 3.21. The normalized spacial score (nSPS) is 11.1. The van der Waals surface area contributed by atoms with Crippen LogP contribution >= 0.6 is 23.1 Å². The molecule has 0 aliphatic rings. The smallest absolute Gasteiger partial charge is 0.272 e. The van der Waals surface area contributed by atoms with Gasteiger partial charge in [-0.1, -0.05) is 55.9 Å². The van der Waals surface area contributed by atoms with Gasteiger partial charge in [0.25, 0.3) is 5.56 Å². The molecule has 0 atom stereocenters. The summed E-state index contributed by atoms with van der Waals surface area (Å²) in [6, 6.07) is 12.0. The topological polar surface area (TPSA) is 55.2 Å². The van der Waals surface area contributed by atoms with Crippen molar-refractivity contribution in [2.75, 3.05) is 18.8 Å². The molecule has 0 unspecified atom stereocenters. The van der Waals surface area contributed by atoms with E-state index in [4.69, 9.17) is 4.98 Å². The van der Waals surface area contributed by atoms with E-state index in [9.17, 15) is 9.59 Å². The van der Waals surface area contributed by atoms with Crippen LogP contribution in [0, 0.1) is 0 Å². The fraction of sp³-hybridized carbons (Fsp3) is 0.409. The number of amides is 1. The van der Waals surface area contributed by atoms with Gasteiger partial charge in [-0.3, -0.25) is 14.2 Å². The predicted octanol–water partition coefficient (Wildman–Crippen LogP) is 4.44. The van der Waals surface area contributed by atoms with Crippen molar-refractivity contribution in [3.8, 4) is 0 Å². The summed E-state index contributed by atoms with van der Waals surface area (Å²) < 4.78 is 2.40. The zero-order chi connectivity index (χ0) is 20.6. The minimum absolute atomic E-state index is 0.0187. The number of aryl methyl sites for hydroxylation is 1. The molecule has 3 rings (SSSR count). The van der Waals surface area contributed by atoms with E-state index in [1.54, 1.807) is 4.57 Å². The Bertz CT molecular complexity index is 992. The molecule has 0 saturated heterocycles. The zero-order valence-electron chi connectivity index (χ0n) is 17.0. The number of benzene rings is 1. The molecule has 2 heterocycles. The first-order valence-electron chi connectivity index (χ1n) is 10.1. The summed E-state index contributed by atoms with van der Waals surface area (Å²) in [6.07, 6.45) is 2.63. The van der Waals surface area contributed by atoms with E-state index in [1.165, 1.54) is 28.7 Å². The molecule has 2 aromatic heterocycles. The van der Waals surface area contributed by atoms with Crippen molar-refractivity contribution in [1.82, 2.24) is 14.5 Å². The van der Waals surface area contributed by atoms with Crippen LogP contribution in [-0.2, 0) is 17.8 Å². The molecule has 0 fully saturated rings. The molecule has 5 nitrogen and oxygen atoms in total. The molecule has 29 heavy (non-hydrogen) atoms. The Hall–Kier alpha value is -2.12. The second-order valence-corrected chi connectivity index (χ2v) is 8.75. The highest BCUT2D eigenvalue weighted by atomic mass is 32.2. The van der Waals surface area contributed by atoms with Gasteiger partial charge in [-0.15, -0.1) is 11.3 Å². The minimum atomic E-state index is -0.0187. The maximum atomic E-state index is 13.0. The first-order chi connectivity index (χ1) is 14.1. The monoisotopic (exact) mass is 429 g/mol. The van der Waals surface area contributed by atoms with Gasteiger partial charge in [0.1, 0.15) is 4.70 Å². The second-order valence-electron chi connectivity index (χ2n) is 6.89. The molecule has 0 radical (unpaired) electrons. The molecule has 0 spiro atoms. The highest BCUT2D eigenvalue weighted by molar-refractivity contribution is 7.99. The molecule has 154 valence electrons. The minimum Gasteiger partial charge on any atom is -0.342 e. The van der Waals surface area contributed by atoms with Crippen LogP contribution in [0.2, 0.25) is 0 Å². The van der Waals surface area contributed by atoms with E-state index in [0.717, 1.165) is 32.4 Å². The van der Waals surface area contributed by atoms with Crippen molar-refractivity contribution in [1.29, 1.82) is 0 Å². The third kappa shape index (κ3) is 5.48. The van der Waals surface area contributed by atoms with Crippen LogP contribution in [0.25, 0.3) is 10.2 Å². The molecular weight excluding hydrogens is 402 g/mol. The van der Waals surface area contributed by atoms with E-state index >= 15 is 0 Å². The molecule has 0 aliphatic heterocycles. The van der Waals surface area contributed by atoms with Crippen LogP contribution in [-0.4, -0.2) is 39.2 Å². The van der Waals surface area contributed by atoms with Crippen LogP contribution in [0.1, 0.15) is 32.3 Å². The van der Waals surface area contributed by atoms with E-state index in [0.29, 0.717) is 27.7 Å². The maximum absolute atomic E-state index is 13.0. The van der Waals surface area contributed by atoms with Gasteiger partial charge < -0.3 is 4.90 Å². The number of thiophene rings is 1. The van der Waals surface area contributed by atoms with Gasteiger partial charge in [-0.05, 0) is 36.3 Å². The summed E-state index contributed by atoms with van der Waals surface area (Å²) in [7, 11) is 0. The molecule has 3 aromatic rings. The number of carbonyl (C=O) groups excluding carboxylic acids is 1. The van der Waals surface area contributed by atoms with Crippen molar-refractivity contribution >= 4 is 39.2 Å². The average molecular weight is 430 g/mol. The Morgan fingerprint density at radius 2 is 1.86 bits per heavy atom. The predicted molar refractivity (Wildman–Crippen MR) is 122 cm³/mol. The molecular formula is C22H27N3O2S2. The quantitative estimate of drug-likeness (QED) is 0.353. The lowest BCUT2D eigenvalue weighted by molar-refractivity contribution is -0.128. The van der Waals surface area contributed by atoms with Gasteiger partial charge in [0.15, 0.2) is 5.16 Å². The highest BCUT2D eigenvalue weighted by Crippen LogP contribution is 2.22. The number of rotatable bonds is 10. The molecule has 0 N–H and O–H groups in total.